The third-order valence-corrected chi connectivity index (χ3v) is 3.78. The van der Waals surface area contributed by atoms with Gasteiger partial charge in [-0.1, -0.05) is 42.5 Å². The monoisotopic (exact) mass is 411 g/mol. The lowest BCUT2D eigenvalue weighted by molar-refractivity contribution is -0.137. The van der Waals surface area contributed by atoms with Crippen LogP contribution in [0.4, 0.5) is 0 Å². The highest BCUT2D eigenvalue weighted by Crippen LogP contribution is 2.09. The molecule has 0 saturated heterocycles. The molecule has 4 nitrogen and oxygen atoms in total. The van der Waals surface area contributed by atoms with Crippen LogP contribution in [0.5, 0.6) is 0 Å². The Hall–Kier alpha value is -1.89. The van der Waals surface area contributed by atoms with Crippen molar-refractivity contribution < 1.29 is 14.7 Å². The van der Waals surface area contributed by atoms with E-state index in [1.807, 2.05) is 42.5 Å². The molecule has 5 heteroatoms. The quantitative estimate of drug-likeness (QED) is 0.740. The van der Waals surface area contributed by atoms with Crippen molar-refractivity contribution in [3.63, 3.8) is 0 Å². The molecule has 2 aromatic carbocycles. The normalized spacial score (nSPS) is 9.50. The number of carbonyl (C=O) groups excluding carboxylic acids is 1. The first-order valence-corrected chi connectivity index (χ1v) is 7.88. The molecule has 0 radical (unpaired) electrons. The van der Waals surface area contributed by atoms with Crippen molar-refractivity contribution in [1.82, 2.24) is 0 Å². The molecule has 0 aromatic heterocycles. The van der Waals surface area contributed by atoms with Crippen molar-refractivity contribution in [1.29, 1.82) is 0 Å². The highest BCUT2D eigenvalue weighted by molar-refractivity contribution is 14.1. The molecule has 0 spiro atoms. The van der Waals surface area contributed by atoms with Crippen LogP contribution >= 0.6 is 22.6 Å². The van der Waals surface area contributed by atoms with E-state index in [-0.39, 0.29) is 12.3 Å². The summed E-state index contributed by atoms with van der Waals surface area (Å²) < 4.78 is 0.896. The van der Waals surface area contributed by atoms with E-state index in [0.717, 1.165) is 16.4 Å². The van der Waals surface area contributed by atoms with Gasteiger partial charge in [0.15, 0.2) is 0 Å². The molecule has 0 atom stereocenters. The summed E-state index contributed by atoms with van der Waals surface area (Å²) in [5.74, 6) is -1.09. The second kappa shape index (κ2) is 9.94. The number of carboxylic acids is 1. The highest BCUT2D eigenvalue weighted by Gasteiger charge is 2.02. The first-order valence-electron chi connectivity index (χ1n) is 6.80. The Kier molecular flexibility index (Phi) is 8.21. The lowest BCUT2D eigenvalue weighted by Crippen LogP contribution is -2.12. The second-order valence-corrected chi connectivity index (χ2v) is 5.74. The molecule has 0 aliphatic carbocycles. The number of primary amides is 1. The maximum Gasteiger partial charge on any atom is 0.303 e. The van der Waals surface area contributed by atoms with Gasteiger partial charge in [-0.05, 0) is 53.1 Å². The molecule has 3 N–H and O–H groups in total. The van der Waals surface area contributed by atoms with E-state index in [4.69, 9.17) is 10.8 Å². The van der Waals surface area contributed by atoms with Crippen molar-refractivity contribution >= 4 is 34.5 Å². The summed E-state index contributed by atoms with van der Waals surface area (Å²) in [6.07, 6.45) is 1.83. The minimum atomic E-state index is -0.717. The number of hydrogen-bond donors (Lipinski definition) is 2. The van der Waals surface area contributed by atoms with Gasteiger partial charge >= 0.3 is 5.97 Å². The molecule has 22 heavy (non-hydrogen) atoms. The Morgan fingerprint density at radius 1 is 1.00 bits per heavy atom. The number of amides is 1. The topological polar surface area (TPSA) is 80.4 Å². The molecular weight excluding hydrogens is 393 g/mol. The van der Waals surface area contributed by atoms with Crippen LogP contribution in [-0.4, -0.2) is 17.0 Å². The van der Waals surface area contributed by atoms with Gasteiger partial charge in [-0.25, -0.2) is 0 Å². The van der Waals surface area contributed by atoms with Gasteiger partial charge in [0, 0.05) is 9.99 Å². The van der Waals surface area contributed by atoms with Crippen LogP contribution in [0, 0.1) is 3.57 Å². The van der Waals surface area contributed by atoms with Gasteiger partial charge in [-0.2, -0.15) is 0 Å². The summed E-state index contributed by atoms with van der Waals surface area (Å²) in [7, 11) is 0. The Morgan fingerprint density at radius 3 is 2.09 bits per heavy atom. The van der Waals surface area contributed by atoms with Crippen LogP contribution in [-0.2, 0) is 11.2 Å². The molecule has 116 valence electrons. The largest absolute Gasteiger partial charge is 0.481 e. The first kappa shape index (κ1) is 18.2. The smallest absolute Gasteiger partial charge is 0.303 e. The van der Waals surface area contributed by atoms with E-state index < -0.39 is 5.97 Å². The predicted molar refractivity (Wildman–Crippen MR) is 94.7 cm³/mol. The molecule has 0 unspecified atom stereocenters. The van der Waals surface area contributed by atoms with Gasteiger partial charge < -0.3 is 10.8 Å². The number of nitrogens with two attached hydrogens (primary N) is 1. The van der Waals surface area contributed by atoms with Crippen LogP contribution in [0.3, 0.4) is 0 Å². The summed E-state index contributed by atoms with van der Waals surface area (Å²) in [5, 5.41) is 8.39. The minimum Gasteiger partial charge on any atom is -0.481 e. The molecule has 0 aliphatic rings. The third kappa shape index (κ3) is 7.21. The van der Waals surface area contributed by atoms with Crippen molar-refractivity contribution in [3.8, 4) is 0 Å². The molecule has 0 fully saturated rings. The van der Waals surface area contributed by atoms with E-state index in [0.29, 0.717) is 5.56 Å². The summed E-state index contributed by atoms with van der Waals surface area (Å²) in [6, 6.07) is 17.2. The molecule has 2 rings (SSSR count). The number of rotatable bonds is 5. The predicted octanol–water partition coefficient (Wildman–Crippen LogP) is 3.48. The minimum absolute atomic E-state index is 0.259. The summed E-state index contributed by atoms with van der Waals surface area (Å²) in [6.45, 7) is 0. The maximum atomic E-state index is 10.6. The zero-order valence-electron chi connectivity index (χ0n) is 12.0. The van der Waals surface area contributed by atoms with E-state index in [2.05, 4.69) is 22.6 Å². The van der Waals surface area contributed by atoms with Gasteiger partial charge in [0.25, 0.3) is 0 Å². The first-order chi connectivity index (χ1) is 10.5. The van der Waals surface area contributed by atoms with Crippen LogP contribution < -0.4 is 5.73 Å². The fraction of sp³-hybridized carbons (Fsp3) is 0.176. The molecule has 0 bridgehead atoms. The van der Waals surface area contributed by atoms with E-state index in [1.54, 1.807) is 12.1 Å². The van der Waals surface area contributed by atoms with Gasteiger partial charge in [-0.3, -0.25) is 9.59 Å². The average molecular weight is 411 g/mol. The summed E-state index contributed by atoms with van der Waals surface area (Å²) in [4.78, 5) is 20.8. The van der Waals surface area contributed by atoms with E-state index >= 15 is 0 Å². The number of halogens is 1. The number of aliphatic carboxylic acids is 1. The van der Waals surface area contributed by atoms with Crippen molar-refractivity contribution in [3.05, 3.63) is 69.3 Å². The van der Waals surface area contributed by atoms with Crippen LogP contribution in [0.15, 0.2) is 54.6 Å². The molecule has 0 heterocycles. The van der Waals surface area contributed by atoms with E-state index in [9.17, 15) is 9.59 Å². The lowest BCUT2D eigenvalue weighted by atomic mass is 10.1. The lowest BCUT2D eigenvalue weighted by Gasteiger charge is -1.97. The van der Waals surface area contributed by atoms with Crippen LogP contribution in [0.2, 0.25) is 0 Å². The summed E-state index contributed by atoms with van der Waals surface area (Å²) >= 11 is 2.07. The number of aryl methyl sites for hydroxylation is 1. The number of carboxylic acid groups (broad SMARTS) is 1. The molecule has 0 saturated carbocycles. The Labute approximate surface area is 143 Å². The fourth-order valence-corrected chi connectivity index (χ4v) is 2.40. The van der Waals surface area contributed by atoms with Crippen LogP contribution in [0.1, 0.15) is 28.8 Å². The maximum absolute atomic E-state index is 10.6. The zero-order chi connectivity index (χ0) is 16.4. The fourth-order valence-electron chi connectivity index (χ4n) is 1.75. The third-order valence-electron chi connectivity index (χ3n) is 2.84. The SMILES string of the molecule is NC(=O)c1ccccc1I.O=C(O)CCCc1ccccc1. The van der Waals surface area contributed by atoms with E-state index in [1.165, 1.54) is 5.56 Å². The van der Waals surface area contributed by atoms with Crippen molar-refractivity contribution in [2.75, 3.05) is 0 Å². The van der Waals surface area contributed by atoms with Gasteiger partial charge in [0.1, 0.15) is 0 Å². The van der Waals surface area contributed by atoms with Crippen LogP contribution in [0.25, 0.3) is 0 Å². The average Bonchev–Trinajstić information content (AvgIpc) is 2.49. The van der Waals surface area contributed by atoms with Gasteiger partial charge in [0.2, 0.25) is 5.91 Å². The number of hydrogen-bond acceptors (Lipinski definition) is 2. The molecular formula is C17H18INO3. The number of benzene rings is 2. The Morgan fingerprint density at radius 2 is 1.59 bits per heavy atom. The zero-order valence-corrected chi connectivity index (χ0v) is 14.2. The van der Waals surface area contributed by atoms with Crippen molar-refractivity contribution in [2.24, 2.45) is 5.73 Å². The molecule has 1 amide bonds. The van der Waals surface area contributed by atoms with Gasteiger partial charge in [0.05, 0.1) is 5.56 Å². The molecule has 2 aromatic rings. The highest BCUT2D eigenvalue weighted by atomic mass is 127. The Bertz CT molecular complexity index is 614. The second-order valence-electron chi connectivity index (χ2n) is 4.58. The van der Waals surface area contributed by atoms with Gasteiger partial charge in [-0.15, -0.1) is 0 Å². The standard InChI is InChI=1S/C10H12O2.C7H6INO/c11-10(12)8-4-7-9-5-2-1-3-6-9;8-6-4-2-1-3-5(6)7(9)10/h1-3,5-6H,4,7-8H2,(H,11,12);1-4H,(H2,9,10). The Balaban J connectivity index is 0.000000224. The van der Waals surface area contributed by atoms with Crippen molar-refractivity contribution in [2.45, 2.75) is 19.3 Å². The summed E-state index contributed by atoms with van der Waals surface area (Å²) in [5.41, 5.74) is 6.86. The number of carbonyl (C=O) groups is 2. The molecule has 0 aliphatic heterocycles.